The van der Waals surface area contributed by atoms with Gasteiger partial charge in [0.2, 0.25) is 15.9 Å². The van der Waals surface area contributed by atoms with Crippen molar-refractivity contribution in [3.8, 4) is 12.3 Å². The van der Waals surface area contributed by atoms with Gasteiger partial charge >= 0.3 is 5.97 Å². The van der Waals surface area contributed by atoms with Crippen LogP contribution >= 0.6 is 0 Å². The normalized spacial score (nSPS) is 23.1. The number of methoxy groups -OCH3 is 1. The highest BCUT2D eigenvalue weighted by molar-refractivity contribution is 7.89. The van der Waals surface area contributed by atoms with Crippen LogP contribution in [0.1, 0.15) is 54.5 Å². The molecule has 2 unspecified atom stereocenters. The largest absolute Gasteiger partial charge is 0.468 e. The molecular formula is C28H31FN2O5S. The quantitative estimate of drug-likeness (QED) is 0.440. The van der Waals surface area contributed by atoms with Crippen LogP contribution in [0.25, 0.3) is 0 Å². The van der Waals surface area contributed by atoms with E-state index in [-0.39, 0.29) is 18.0 Å². The summed E-state index contributed by atoms with van der Waals surface area (Å²) in [6, 6.07) is 12.7. The maximum Gasteiger partial charge on any atom is 0.316 e. The molecule has 0 aliphatic carbocycles. The molecule has 0 spiro atoms. The first-order valence-electron chi connectivity index (χ1n) is 12.3. The lowest BCUT2D eigenvalue weighted by Crippen LogP contribution is -2.49. The summed E-state index contributed by atoms with van der Waals surface area (Å²) < 4.78 is 49.0. The third-order valence-electron chi connectivity index (χ3n) is 7.67. The molecule has 2 aromatic carbocycles. The fourth-order valence-electron chi connectivity index (χ4n) is 5.47. The predicted octanol–water partition coefficient (Wildman–Crippen LogP) is 3.55. The number of piperidine rings is 1. The van der Waals surface area contributed by atoms with Crippen LogP contribution in [0.4, 0.5) is 4.39 Å². The van der Waals surface area contributed by atoms with Crippen molar-refractivity contribution in [3.05, 3.63) is 71.0 Å². The Morgan fingerprint density at radius 2 is 1.81 bits per heavy atom. The molecule has 7 nitrogen and oxygen atoms in total. The third kappa shape index (κ3) is 5.00. The molecule has 2 aliphatic rings. The number of likely N-dealkylation sites (tertiary alicyclic amines) is 1. The molecular weight excluding hydrogens is 495 g/mol. The topological polar surface area (TPSA) is 84.0 Å². The second kappa shape index (κ2) is 10.6. The van der Waals surface area contributed by atoms with Gasteiger partial charge in [0.25, 0.3) is 0 Å². The van der Waals surface area contributed by atoms with E-state index in [1.54, 1.807) is 35.2 Å². The molecule has 2 aliphatic heterocycles. The van der Waals surface area contributed by atoms with E-state index in [0.717, 1.165) is 0 Å². The lowest BCUT2D eigenvalue weighted by molar-refractivity contribution is -0.151. The minimum absolute atomic E-state index is 0.0837. The number of benzene rings is 2. The molecule has 4 rings (SSSR count). The maximum absolute atomic E-state index is 15.5. The van der Waals surface area contributed by atoms with Crippen LogP contribution in [-0.4, -0.2) is 55.7 Å². The van der Waals surface area contributed by atoms with Gasteiger partial charge in [-0.2, -0.15) is 4.31 Å². The molecule has 0 radical (unpaired) electrons. The standard InChI is InChI=1S/C28H31FN2O5S/c1-4-24-12-13-26(21-8-6-5-7-9-21)37(34,35)31(24)19-22-10-11-23(18-25(22)29)28(27(33)36-3)14-16-30(17-15-28)20(2)32/h1,5-11,18,24,26H,12-17,19H2,2-3H3. The van der Waals surface area contributed by atoms with Crippen LogP contribution in [-0.2, 0) is 36.3 Å². The molecule has 0 bridgehead atoms. The number of carbonyl (C=O) groups excluding carboxylic acids is 2. The van der Waals surface area contributed by atoms with E-state index >= 15 is 4.39 Å². The van der Waals surface area contributed by atoms with Crippen molar-refractivity contribution >= 4 is 21.9 Å². The molecule has 2 atom stereocenters. The minimum Gasteiger partial charge on any atom is -0.468 e. The Kier molecular flexibility index (Phi) is 7.72. The Morgan fingerprint density at radius 3 is 2.38 bits per heavy atom. The van der Waals surface area contributed by atoms with Crippen molar-refractivity contribution in [2.75, 3.05) is 20.2 Å². The smallest absolute Gasteiger partial charge is 0.316 e. The first-order valence-corrected chi connectivity index (χ1v) is 13.8. The van der Waals surface area contributed by atoms with Crippen LogP contribution in [0.2, 0.25) is 0 Å². The number of carbonyl (C=O) groups is 2. The predicted molar refractivity (Wildman–Crippen MR) is 137 cm³/mol. The number of sulfonamides is 1. The van der Waals surface area contributed by atoms with Gasteiger partial charge in [-0.05, 0) is 42.9 Å². The molecule has 2 heterocycles. The average Bonchev–Trinajstić information content (AvgIpc) is 2.90. The number of nitrogens with zero attached hydrogens (tertiary/aromatic N) is 2. The number of rotatable bonds is 5. The van der Waals surface area contributed by atoms with E-state index < -0.39 is 38.5 Å². The Bertz CT molecular complexity index is 1310. The lowest BCUT2D eigenvalue weighted by atomic mass is 9.72. The van der Waals surface area contributed by atoms with Gasteiger partial charge < -0.3 is 9.64 Å². The van der Waals surface area contributed by atoms with E-state index in [4.69, 9.17) is 11.2 Å². The van der Waals surface area contributed by atoms with E-state index in [1.165, 1.54) is 30.5 Å². The monoisotopic (exact) mass is 526 g/mol. The summed E-state index contributed by atoms with van der Waals surface area (Å²) in [5.74, 6) is 1.36. The van der Waals surface area contributed by atoms with Crippen molar-refractivity contribution in [1.82, 2.24) is 9.21 Å². The second-order valence-corrected chi connectivity index (χ2v) is 11.7. The summed E-state index contributed by atoms with van der Waals surface area (Å²) in [7, 11) is -2.57. The van der Waals surface area contributed by atoms with E-state index in [9.17, 15) is 18.0 Å². The fourth-order valence-corrected chi connectivity index (χ4v) is 7.57. The summed E-state index contributed by atoms with van der Waals surface area (Å²) in [5.41, 5.74) is 0.205. The molecule has 196 valence electrons. The molecule has 37 heavy (non-hydrogen) atoms. The number of hydrogen-bond donors (Lipinski definition) is 0. The molecule has 2 saturated heterocycles. The number of ether oxygens (including phenoxy) is 1. The van der Waals surface area contributed by atoms with Gasteiger partial charge in [-0.1, -0.05) is 48.4 Å². The van der Waals surface area contributed by atoms with Crippen LogP contribution in [0.5, 0.6) is 0 Å². The molecule has 0 saturated carbocycles. The van der Waals surface area contributed by atoms with Gasteiger partial charge in [0.05, 0.1) is 18.6 Å². The minimum atomic E-state index is -3.86. The highest BCUT2D eigenvalue weighted by atomic mass is 32.2. The molecule has 2 fully saturated rings. The SMILES string of the molecule is C#CC1CCC(c2ccccc2)S(=O)(=O)N1Cc1ccc(C2(C(=O)OC)CCN(C(C)=O)CC2)cc1F. The Labute approximate surface area is 217 Å². The van der Waals surface area contributed by atoms with Crippen LogP contribution in [0, 0.1) is 18.2 Å². The first kappa shape index (κ1) is 26.8. The summed E-state index contributed by atoms with van der Waals surface area (Å²) in [5, 5.41) is -0.755. The highest BCUT2D eigenvalue weighted by Gasteiger charge is 2.45. The van der Waals surface area contributed by atoms with Crippen LogP contribution in [0.15, 0.2) is 48.5 Å². The Morgan fingerprint density at radius 1 is 1.14 bits per heavy atom. The van der Waals surface area contributed by atoms with Crippen molar-refractivity contribution < 1.29 is 27.1 Å². The second-order valence-electron chi connectivity index (χ2n) is 9.64. The van der Waals surface area contributed by atoms with Crippen LogP contribution < -0.4 is 0 Å². The lowest BCUT2D eigenvalue weighted by Gasteiger charge is -2.40. The summed E-state index contributed by atoms with van der Waals surface area (Å²) in [6.45, 7) is 1.96. The van der Waals surface area contributed by atoms with E-state index in [2.05, 4.69) is 5.92 Å². The van der Waals surface area contributed by atoms with Gasteiger partial charge in [-0.3, -0.25) is 9.59 Å². The zero-order chi connectivity index (χ0) is 26.8. The molecule has 0 N–H and O–H groups in total. The molecule has 9 heteroatoms. The van der Waals surface area contributed by atoms with E-state index in [0.29, 0.717) is 49.9 Å². The van der Waals surface area contributed by atoms with Crippen molar-refractivity contribution in [2.45, 2.75) is 55.9 Å². The van der Waals surface area contributed by atoms with Crippen molar-refractivity contribution in [1.29, 1.82) is 0 Å². The third-order valence-corrected chi connectivity index (χ3v) is 9.93. The highest BCUT2D eigenvalue weighted by Crippen LogP contribution is 2.40. The summed E-state index contributed by atoms with van der Waals surface area (Å²) in [4.78, 5) is 26.3. The number of halogens is 1. The van der Waals surface area contributed by atoms with Gasteiger partial charge in [0.15, 0.2) is 0 Å². The molecule has 1 amide bonds. The van der Waals surface area contributed by atoms with Gasteiger partial charge in [-0.15, -0.1) is 6.42 Å². The number of hydrogen-bond acceptors (Lipinski definition) is 5. The average molecular weight is 527 g/mol. The number of amides is 1. The number of esters is 1. The molecule has 0 aromatic heterocycles. The van der Waals surface area contributed by atoms with Crippen molar-refractivity contribution in [3.63, 3.8) is 0 Å². The Hall–Kier alpha value is -3.22. The van der Waals surface area contributed by atoms with Gasteiger partial charge in [0.1, 0.15) is 11.1 Å². The van der Waals surface area contributed by atoms with Gasteiger partial charge in [0, 0.05) is 32.1 Å². The zero-order valence-corrected chi connectivity index (χ0v) is 21.8. The maximum atomic E-state index is 15.5. The van der Waals surface area contributed by atoms with E-state index in [1.807, 2.05) is 6.07 Å². The first-order chi connectivity index (χ1) is 17.6. The van der Waals surface area contributed by atoms with Gasteiger partial charge in [-0.25, -0.2) is 12.8 Å². The zero-order valence-electron chi connectivity index (χ0n) is 21.0. The summed E-state index contributed by atoms with van der Waals surface area (Å²) >= 11 is 0. The van der Waals surface area contributed by atoms with Crippen molar-refractivity contribution in [2.24, 2.45) is 0 Å². The van der Waals surface area contributed by atoms with Crippen LogP contribution in [0.3, 0.4) is 0 Å². The number of terminal acetylenes is 1. The Balaban J connectivity index is 1.64. The summed E-state index contributed by atoms with van der Waals surface area (Å²) in [6.07, 6.45) is 7.14. The molecule has 2 aromatic rings. The fraction of sp³-hybridized carbons (Fsp3) is 0.429.